The Balaban J connectivity index is 2.41. The molecule has 14 heteroatoms. The average Bonchev–Trinajstić information content (AvgIpc) is 3.16. The van der Waals surface area contributed by atoms with Gasteiger partial charge in [0.15, 0.2) is 6.29 Å². The Labute approximate surface area is 337 Å². The van der Waals surface area contributed by atoms with Gasteiger partial charge in [-0.1, -0.05) is 147 Å². The van der Waals surface area contributed by atoms with Crippen LogP contribution >= 0.6 is 0 Å². The van der Waals surface area contributed by atoms with Crippen molar-refractivity contribution in [3.8, 4) is 0 Å². The van der Waals surface area contributed by atoms with Gasteiger partial charge in [0.05, 0.1) is 25.4 Å². The Morgan fingerprint density at radius 1 is 0.732 bits per heavy atom. The van der Waals surface area contributed by atoms with E-state index < -0.39 is 78.5 Å². The normalized spacial score (nSPS) is 22.3. The number of hydrogen-bond acceptors (Lipinski definition) is 11. The highest BCUT2D eigenvalue weighted by atomic mass is 32.3. The van der Waals surface area contributed by atoms with Crippen LogP contribution in [0.5, 0.6) is 0 Å². The summed E-state index contributed by atoms with van der Waals surface area (Å²) < 4.78 is 47.1. The van der Waals surface area contributed by atoms with Crippen LogP contribution in [0.2, 0.25) is 0 Å². The fourth-order valence-corrected chi connectivity index (χ4v) is 7.06. The molecule has 1 saturated heterocycles. The first-order valence-electron chi connectivity index (χ1n) is 21.5. The summed E-state index contributed by atoms with van der Waals surface area (Å²) in [5.74, 6) is -0.719. The topological polar surface area (TPSA) is 212 Å². The SMILES string of the molecule is CCCCC/C=C/C(O)C(COC1OC(CO)C(O)C(OS(=O)(=O)O)C1O)NC(=O)C(O)CCCCCCCC/C=C\C/C=C\CCCCCCCCCCC. The molecule has 0 aromatic carbocycles. The lowest BCUT2D eigenvalue weighted by atomic mass is 9.99. The van der Waals surface area contributed by atoms with Gasteiger partial charge in [0, 0.05) is 0 Å². The summed E-state index contributed by atoms with van der Waals surface area (Å²) in [6.07, 6.45) is 26.0. The second-order valence-electron chi connectivity index (χ2n) is 15.1. The van der Waals surface area contributed by atoms with E-state index in [1.165, 1.54) is 70.3 Å². The van der Waals surface area contributed by atoms with Crippen molar-refractivity contribution in [2.45, 2.75) is 210 Å². The molecule has 1 amide bonds. The van der Waals surface area contributed by atoms with E-state index in [9.17, 15) is 38.7 Å². The molecule has 1 aliphatic rings. The zero-order valence-electron chi connectivity index (χ0n) is 34.3. The third-order valence-electron chi connectivity index (χ3n) is 10.0. The summed E-state index contributed by atoms with van der Waals surface area (Å²) in [7, 11) is -5.11. The zero-order chi connectivity index (χ0) is 41.4. The maximum absolute atomic E-state index is 13.0. The second kappa shape index (κ2) is 33.1. The van der Waals surface area contributed by atoms with Crippen molar-refractivity contribution in [2.75, 3.05) is 13.2 Å². The first kappa shape index (κ1) is 52.3. The van der Waals surface area contributed by atoms with Crippen LogP contribution < -0.4 is 5.32 Å². The van der Waals surface area contributed by atoms with Crippen LogP contribution in [0.15, 0.2) is 36.5 Å². The molecule has 1 fully saturated rings. The Kier molecular flexibility index (Phi) is 31.0. The van der Waals surface area contributed by atoms with Crippen molar-refractivity contribution in [3.63, 3.8) is 0 Å². The maximum atomic E-state index is 13.0. The van der Waals surface area contributed by atoms with E-state index in [-0.39, 0.29) is 6.42 Å². The lowest BCUT2D eigenvalue weighted by Gasteiger charge is -2.41. The van der Waals surface area contributed by atoms with Gasteiger partial charge in [0.1, 0.15) is 30.5 Å². The van der Waals surface area contributed by atoms with Crippen molar-refractivity contribution >= 4 is 16.3 Å². The lowest BCUT2D eigenvalue weighted by molar-refractivity contribution is -0.298. The third kappa shape index (κ3) is 25.6. The molecule has 0 aromatic rings. The molecule has 0 bridgehead atoms. The number of aliphatic hydroxyl groups excluding tert-OH is 5. The maximum Gasteiger partial charge on any atom is 0.397 e. The van der Waals surface area contributed by atoms with Crippen LogP contribution in [-0.2, 0) is 28.9 Å². The first-order valence-corrected chi connectivity index (χ1v) is 22.8. The quantitative estimate of drug-likeness (QED) is 0.0207. The van der Waals surface area contributed by atoms with Gasteiger partial charge in [-0.3, -0.25) is 9.35 Å². The molecule has 1 aliphatic heterocycles. The second-order valence-corrected chi connectivity index (χ2v) is 16.1. The van der Waals surface area contributed by atoms with Crippen LogP contribution in [-0.4, -0.2) is 107 Å². The van der Waals surface area contributed by atoms with Crippen molar-refractivity contribution in [2.24, 2.45) is 0 Å². The number of ether oxygens (including phenoxy) is 2. The summed E-state index contributed by atoms with van der Waals surface area (Å²) in [5.41, 5.74) is 0. The highest BCUT2D eigenvalue weighted by Crippen LogP contribution is 2.26. The van der Waals surface area contributed by atoms with Crippen molar-refractivity contribution in [1.82, 2.24) is 5.32 Å². The van der Waals surface area contributed by atoms with Crippen LogP contribution in [0.25, 0.3) is 0 Å². The van der Waals surface area contributed by atoms with Crippen LogP contribution in [0, 0.1) is 0 Å². The molecule has 0 aromatic heterocycles. The Bertz CT molecular complexity index is 1170. The predicted octanol–water partition coefficient (Wildman–Crippen LogP) is 6.52. The molecule has 0 spiro atoms. The molecule has 8 atom stereocenters. The molecule has 0 saturated carbocycles. The van der Waals surface area contributed by atoms with Crippen molar-refractivity contribution in [3.05, 3.63) is 36.5 Å². The molecule has 8 unspecified atom stereocenters. The number of carbonyl (C=O) groups excluding carboxylic acids is 1. The van der Waals surface area contributed by atoms with Gasteiger partial charge in [-0.05, 0) is 51.4 Å². The number of carbonyl (C=O) groups is 1. The van der Waals surface area contributed by atoms with E-state index in [0.29, 0.717) is 12.8 Å². The van der Waals surface area contributed by atoms with Gasteiger partial charge < -0.3 is 40.3 Å². The molecule has 0 radical (unpaired) electrons. The molecule has 0 aliphatic carbocycles. The summed E-state index contributed by atoms with van der Waals surface area (Å²) in [4.78, 5) is 13.0. The number of rotatable bonds is 35. The zero-order valence-corrected chi connectivity index (χ0v) is 35.1. The van der Waals surface area contributed by atoms with Crippen LogP contribution in [0.1, 0.15) is 162 Å². The number of hydrogen-bond donors (Lipinski definition) is 7. The number of aliphatic hydroxyl groups is 5. The monoisotopic (exact) mass is 820 g/mol. The van der Waals surface area contributed by atoms with E-state index in [2.05, 4.69) is 47.7 Å². The molecule has 1 heterocycles. The minimum absolute atomic E-state index is 0.229. The van der Waals surface area contributed by atoms with E-state index >= 15 is 0 Å². The van der Waals surface area contributed by atoms with Gasteiger partial charge in [-0.2, -0.15) is 8.42 Å². The van der Waals surface area contributed by atoms with Crippen LogP contribution in [0.3, 0.4) is 0 Å². The van der Waals surface area contributed by atoms with E-state index in [1.807, 2.05) is 0 Å². The predicted molar refractivity (Wildman–Crippen MR) is 219 cm³/mol. The molecular formula is C42H77NO12S. The van der Waals surface area contributed by atoms with E-state index in [4.69, 9.17) is 14.0 Å². The van der Waals surface area contributed by atoms with Gasteiger partial charge in [0.25, 0.3) is 0 Å². The largest absolute Gasteiger partial charge is 0.397 e. The van der Waals surface area contributed by atoms with Crippen molar-refractivity contribution in [1.29, 1.82) is 0 Å². The minimum Gasteiger partial charge on any atom is -0.394 e. The number of allylic oxidation sites excluding steroid dienone is 5. The number of nitrogens with one attached hydrogen (secondary N) is 1. The molecule has 56 heavy (non-hydrogen) atoms. The third-order valence-corrected chi connectivity index (χ3v) is 10.5. The molecule has 13 nitrogen and oxygen atoms in total. The molecular weight excluding hydrogens is 743 g/mol. The van der Waals surface area contributed by atoms with Crippen molar-refractivity contribution < 1.29 is 57.0 Å². The lowest BCUT2D eigenvalue weighted by Crippen LogP contribution is -2.61. The average molecular weight is 820 g/mol. The standard InChI is InChI=1S/C42H77NO12S/c1-3-5-7-9-10-11-12-13-14-15-16-17-18-19-20-21-22-23-24-25-27-29-31-36(46)41(49)43-34(35(45)30-28-26-8-6-4-2)33-53-42-39(48)40(55-56(50,51)52)38(47)37(32-44)54-42/h16-17,19-20,28,30,34-40,42,44-48H,3-15,18,21-27,29,31-33H2,1-2H3,(H,43,49)(H,50,51,52)/b17-16-,20-19-,30-28+. The molecule has 1 rings (SSSR count). The Morgan fingerprint density at radius 2 is 1.23 bits per heavy atom. The van der Waals surface area contributed by atoms with Gasteiger partial charge in [-0.25, -0.2) is 4.18 Å². The highest BCUT2D eigenvalue weighted by molar-refractivity contribution is 7.80. The molecule has 7 N–H and O–H groups in total. The van der Waals surface area contributed by atoms with E-state index in [0.717, 1.165) is 64.2 Å². The first-order chi connectivity index (χ1) is 26.9. The molecule has 328 valence electrons. The van der Waals surface area contributed by atoms with E-state index in [1.54, 1.807) is 6.08 Å². The summed E-state index contributed by atoms with van der Waals surface area (Å²) in [5, 5.41) is 54.6. The summed E-state index contributed by atoms with van der Waals surface area (Å²) in [6.45, 7) is 3.05. The number of unbranched alkanes of at least 4 members (excludes halogenated alkanes) is 18. The number of amides is 1. The summed E-state index contributed by atoms with van der Waals surface area (Å²) >= 11 is 0. The summed E-state index contributed by atoms with van der Waals surface area (Å²) in [6, 6.07) is -1.12. The van der Waals surface area contributed by atoms with Crippen LogP contribution in [0.4, 0.5) is 0 Å². The Morgan fingerprint density at radius 3 is 1.79 bits per heavy atom. The fraction of sp³-hybridized carbons (Fsp3) is 0.833. The minimum atomic E-state index is -5.11. The smallest absolute Gasteiger partial charge is 0.394 e. The highest BCUT2D eigenvalue weighted by Gasteiger charge is 2.48. The fourth-order valence-electron chi connectivity index (χ4n) is 6.55. The van der Waals surface area contributed by atoms with Gasteiger partial charge in [0.2, 0.25) is 5.91 Å². The van der Waals surface area contributed by atoms with Gasteiger partial charge >= 0.3 is 10.4 Å². The Hall–Kier alpha value is -1.72. The van der Waals surface area contributed by atoms with Gasteiger partial charge in [-0.15, -0.1) is 0 Å².